The van der Waals surface area contributed by atoms with Crippen LogP contribution in [0.3, 0.4) is 0 Å². The van der Waals surface area contributed by atoms with E-state index in [1.807, 2.05) is 12.1 Å². The lowest BCUT2D eigenvalue weighted by Gasteiger charge is -2.33. The predicted molar refractivity (Wildman–Crippen MR) is 87.7 cm³/mol. The zero-order chi connectivity index (χ0) is 16.1. The number of benzene rings is 1. The summed E-state index contributed by atoms with van der Waals surface area (Å²) in [6.45, 7) is 3.67. The Bertz CT molecular complexity index is 506. The maximum atomic E-state index is 13.7. The molecule has 2 fully saturated rings. The van der Waals surface area contributed by atoms with E-state index < -0.39 is 0 Å². The molecule has 1 saturated carbocycles. The summed E-state index contributed by atoms with van der Waals surface area (Å²) in [5, 5.41) is 7.27. The maximum absolute atomic E-state index is 13.7. The van der Waals surface area contributed by atoms with Gasteiger partial charge in [-0.2, -0.15) is 0 Å². The van der Waals surface area contributed by atoms with E-state index in [1.54, 1.807) is 7.11 Å². The van der Waals surface area contributed by atoms with Crippen molar-refractivity contribution in [3.63, 3.8) is 0 Å². The first kappa shape index (κ1) is 16.8. The van der Waals surface area contributed by atoms with Crippen molar-refractivity contribution in [1.82, 2.24) is 10.6 Å². The van der Waals surface area contributed by atoms with Crippen LogP contribution >= 0.6 is 0 Å². The summed E-state index contributed by atoms with van der Waals surface area (Å²) >= 11 is 0. The largest absolute Gasteiger partial charge is 0.380 e. The van der Waals surface area contributed by atoms with Crippen molar-refractivity contribution in [1.29, 1.82) is 0 Å². The molecule has 128 valence electrons. The first-order valence-electron chi connectivity index (χ1n) is 8.58. The van der Waals surface area contributed by atoms with E-state index >= 15 is 0 Å². The molecule has 3 atom stereocenters. The Kier molecular flexibility index (Phi) is 6.00. The Labute approximate surface area is 137 Å². The van der Waals surface area contributed by atoms with Gasteiger partial charge in [-0.25, -0.2) is 4.39 Å². The van der Waals surface area contributed by atoms with Crippen LogP contribution in [-0.4, -0.2) is 39.0 Å². The van der Waals surface area contributed by atoms with Crippen LogP contribution in [0.2, 0.25) is 0 Å². The molecule has 0 bridgehead atoms. The third kappa shape index (κ3) is 4.29. The highest BCUT2D eigenvalue weighted by atomic mass is 19.1. The molecule has 23 heavy (non-hydrogen) atoms. The number of methoxy groups -OCH3 is 1. The Morgan fingerprint density at radius 1 is 1.39 bits per heavy atom. The van der Waals surface area contributed by atoms with Crippen LogP contribution in [0.25, 0.3) is 0 Å². The number of ether oxygens (including phenoxy) is 2. The minimum absolute atomic E-state index is 0.196. The molecular weight excluding hydrogens is 295 g/mol. The SMILES string of the molecule is COCc1cc(CNC2CCCC2C2COCCN2)ccc1F. The minimum atomic E-state index is -0.196. The number of rotatable bonds is 6. The average Bonchev–Trinajstić information content (AvgIpc) is 3.05. The molecule has 3 unspecified atom stereocenters. The molecule has 1 saturated heterocycles. The van der Waals surface area contributed by atoms with Gasteiger partial charge in [-0.3, -0.25) is 0 Å². The minimum Gasteiger partial charge on any atom is -0.380 e. The fourth-order valence-corrected chi connectivity index (χ4v) is 3.84. The van der Waals surface area contributed by atoms with Crippen LogP contribution in [0.5, 0.6) is 0 Å². The summed E-state index contributed by atoms with van der Waals surface area (Å²) in [6.07, 6.45) is 3.71. The standard InChI is InChI=1S/C18H27FN2O2/c1-22-11-14-9-13(5-6-16(14)19)10-21-17-4-2-3-15(17)18-12-23-8-7-20-18/h5-6,9,15,17-18,20-21H,2-4,7-8,10-12H2,1H3. The average molecular weight is 322 g/mol. The molecule has 1 aromatic rings. The fraction of sp³-hybridized carbons (Fsp3) is 0.667. The molecule has 0 amide bonds. The zero-order valence-corrected chi connectivity index (χ0v) is 13.8. The summed E-state index contributed by atoms with van der Waals surface area (Å²) in [6, 6.07) is 6.25. The zero-order valence-electron chi connectivity index (χ0n) is 13.8. The van der Waals surface area contributed by atoms with Crippen LogP contribution < -0.4 is 10.6 Å². The van der Waals surface area contributed by atoms with Crippen molar-refractivity contribution in [2.45, 2.75) is 44.5 Å². The van der Waals surface area contributed by atoms with Gasteiger partial charge in [-0.1, -0.05) is 12.5 Å². The number of hydrogen-bond acceptors (Lipinski definition) is 4. The van der Waals surface area contributed by atoms with Crippen molar-refractivity contribution in [3.05, 3.63) is 35.1 Å². The fourth-order valence-electron chi connectivity index (χ4n) is 3.84. The monoisotopic (exact) mass is 322 g/mol. The molecule has 1 heterocycles. The number of morpholine rings is 1. The van der Waals surface area contributed by atoms with Gasteiger partial charge < -0.3 is 20.1 Å². The Morgan fingerprint density at radius 2 is 2.30 bits per heavy atom. The molecular formula is C18H27FN2O2. The molecule has 0 radical (unpaired) electrons. The third-order valence-corrected chi connectivity index (χ3v) is 5.01. The molecule has 1 aliphatic carbocycles. The number of halogens is 1. The lowest BCUT2D eigenvalue weighted by molar-refractivity contribution is 0.0524. The number of nitrogens with one attached hydrogen (secondary N) is 2. The van der Waals surface area contributed by atoms with Gasteiger partial charge in [0.1, 0.15) is 5.82 Å². The van der Waals surface area contributed by atoms with Crippen molar-refractivity contribution in [3.8, 4) is 0 Å². The first-order valence-corrected chi connectivity index (χ1v) is 8.58. The smallest absolute Gasteiger partial charge is 0.128 e. The van der Waals surface area contributed by atoms with Gasteiger partial charge in [0, 0.05) is 37.8 Å². The van der Waals surface area contributed by atoms with E-state index in [0.717, 1.165) is 31.9 Å². The Balaban J connectivity index is 1.57. The van der Waals surface area contributed by atoms with Gasteiger partial charge in [0.05, 0.1) is 19.8 Å². The second-order valence-electron chi connectivity index (χ2n) is 6.58. The highest BCUT2D eigenvalue weighted by Gasteiger charge is 2.34. The topological polar surface area (TPSA) is 42.5 Å². The van der Waals surface area contributed by atoms with Gasteiger partial charge in [0.2, 0.25) is 0 Å². The van der Waals surface area contributed by atoms with E-state index in [1.165, 1.54) is 25.3 Å². The van der Waals surface area contributed by atoms with Crippen molar-refractivity contribution >= 4 is 0 Å². The van der Waals surface area contributed by atoms with Crippen molar-refractivity contribution in [2.24, 2.45) is 5.92 Å². The highest BCUT2D eigenvalue weighted by Crippen LogP contribution is 2.29. The molecule has 1 aromatic carbocycles. The Hall–Kier alpha value is -1.01. The molecule has 2 aliphatic rings. The molecule has 1 aliphatic heterocycles. The summed E-state index contributed by atoms with van der Waals surface area (Å²) < 4.78 is 24.4. The molecule has 3 rings (SSSR count). The van der Waals surface area contributed by atoms with E-state index in [-0.39, 0.29) is 5.82 Å². The Morgan fingerprint density at radius 3 is 3.09 bits per heavy atom. The second kappa shape index (κ2) is 8.20. The van der Waals surface area contributed by atoms with Crippen LogP contribution in [0, 0.1) is 11.7 Å². The van der Waals surface area contributed by atoms with Crippen LogP contribution in [0.4, 0.5) is 4.39 Å². The first-order chi connectivity index (χ1) is 11.3. The molecule has 0 aromatic heterocycles. The van der Waals surface area contributed by atoms with E-state index in [4.69, 9.17) is 9.47 Å². The third-order valence-electron chi connectivity index (χ3n) is 5.01. The van der Waals surface area contributed by atoms with E-state index in [2.05, 4.69) is 10.6 Å². The van der Waals surface area contributed by atoms with Crippen molar-refractivity contribution < 1.29 is 13.9 Å². The lowest BCUT2D eigenvalue weighted by Crippen LogP contribution is -2.50. The molecule has 4 nitrogen and oxygen atoms in total. The van der Waals surface area contributed by atoms with E-state index in [0.29, 0.717) is 30.2 Å². The maximum Gasteiger partial charge on any atom is 0.128 e. The molecule has 0 spiro atoms. The highest BCUT2D eigenvalue weighted by molar-refractivity contribution is 5.24. The second-order valence-corrected chi connectivity index (χ2v) is 6.58. The van der Waals surface area contributed by atoms with Gasteiger partial charge >= 0.3 is 0 Å². The van der Waals surface area contributed by atoms with Gasteiger partial charge in [-0.05, 0) is 36.5 Å². The van der Waals surface area contributed by atoms with Crippen molar-refractivity contribution in [2.75, 3.05) is 26.9 Å². The normalized spacial score (nSPS) is 28.2. The number of hydrogen-bond donors (Lipinski definition) is 2. The van der Waals surface area contributed by atoms with Gasteiger partial charge in [-0.15, -0.1) is 0 Å². The van der Waals surface area contributed by atoms with E-state index in [9.17, 15) is 4.39 Å². The summed E-state index contributed by atoms with van der Waals surface area (Å²) in [5.41, 5.74) is 1.73. The summed E-state index contributed by atoms with van der Waals surface area (Å²) in [5.74, 6) is 0.423. The van der Waals surface area contributed by atoms with Crippen LogP contribution in [-0.2, 0) is 22.6 Å². The van der Waals surface area contributed by atoms with Crippen LogP contribution in [0.15, 0.2) is 18.2 Å². The van der Waals surface area contributed by atoms with Crippen LogP contribution in [0.1, 0.15) is 30.4 Å². The van der Waals surface area contributed by atoms with Gasteiger partial charge in [0.25, 0.3) is 0 Å². The van der Waals surface area contributed by atoms with Gasteiger partial charge in [0.15, 0.2) is 0 Å². The molecule has 2 N–H and O–H groups in total. The quantitative estimate of drug-likeness (QED) is 0.843. The summed E-state index contributed by atoms with van der Waals surface area (Å²) in [7, 11) is 1.59. The molecule has 5 heteroatoms. The summed E-state index contributed by atoms with van der Waals surface area (Å²) in [4.78, 5) is 0. The lowest BCUT2D eigenvalue weighted by atomic mass is 9.94. The predicted octanol–water partition coefficient (Wildman–Crippen LogP) is 2.22.